The fourth-order valence-corrected chi connectivity index (χ4v) is 3.68. The molecule has 7 heteroatoms. The average molecular weight is 310 g/mol. The van der Waals surface area contributed by atoms with Crippen LogP contribution in [-0.4, -0.2) is 39.7 Å². The fourth-order valence-electron chi connectivity index (χ4n) is 2.50. The number of amidine groups is 1. The number of hydrogen-bond acceptors (Lipinski definition) is 6. The lowest BCUT2D eigenvalue weighted by Gasteiger charge is -2.22. The van der Waals surface area contributed by atoms with Crippen molar-refractivity contribution < 1.29 is 9.94 Å². The van der Waals surface area contributed by atoms with E-state index in [0.717, 1.165) is 60.7 Å². The van der Waals surface area contributed by atoms with Crippen LogP contribution in [-0.2, 0) is 17.6 Å². The maximum atomic E-state index is 9.09. The molecule has 0 atom stereocenters. The van der Waals surface area contributed by atoms with E-state index in [1.54, 1.807) is 11.8 Å². The summed E-state index contributed by atoms with van der Waals surface area (Å²) in [5.74, 6) is 0.117. The molecule has 0 bridgehead atoms. The number of rotatable bonds is 5. The summed E-state index contributed by atoms with van der Waals surface area (Å²) in [6.45, 7) is 5.63. The first kappa shape index (κ1) is 16.0. The van der Waals surface area contributed by atoms with Gasteiger partial charge in [0.15, 0.2) is 5.84 Å². The first-order valence-electron chi connectivity index (χ1n) is 7.31. The van der Waals surface area contributed by atoms with Crippen LogP contribution in [0.25, 0.3) is 0 Å². The lowest BCUT2D eigenvalue weighted by atomic mass is 10.0. The molecule has 2 heterocycles. The summed E-state index contributed by atoms with van der Waals surface area (Å²) in [7, 11) is 0. The van der Waals surface area contributed by atoms with E-state index in [9.17, 15) is 0 Å². The molecule has 0 radical (unpaired) electrons. The Morgan fingerprint density at radius 1 is 1.33 bits per heavy atom. The zero-order valence-corrected chi connectivity index (χ0v) is 13.3. The second-order valence-electron chi connectivity index (χ2n) is 4.93. The van der Waals surface area contributed by atoms with Gasteiger partial charge in [-0.2, -0.15) is 5.10 Å². The van der Waals surface area contributed by atoms with Crippen molar-refractivity contribution in [2.24, 2.45) is 10.9 Å². The molecule has 0 amide bonds. The maximum Gasteiger partial charge on any atom is 0.173 e. The summed E-state index contributed by atoms with van der Waals surface area (Å²) >= 11 is 1.66. The first-order chi connectivity index (χ1) is 10.2. The van der Waals surface area contributed by atoms with Crippen molar-refractivity contribution in [1.82, 2.24) is 10.2 Å². The zero-order chi connectivity index (χ0) is 15.2. The van der Waals surface area contributed by atoms with Crippen LogP contribution in [0.15, 0.2) is 10.2 Å². The fraction of sp³-hybridized carbons (Fsp3) is 0.643. The molecule has 0 aromatic carbocycles. The highest BCUT2D eigenvalue weighted by Crippen LogP contribution is 2.32. The minimum Gasteiger partial charge on any atom is -0.409 e. The van der Waals surface area contributed by atoms with Gasteiger partial charge in [-0.3, -0.25) is 0 Å². The average Bonchev–Trinajstić information content (AvgIpc) is 2.54. The molecule has 1 aromatic heterocycles. The Labute approximate surface area is 129 Å². The van der Waals surface area contributed by atoms with Crippen molar-refractivity contribution in [3.63, 3.8) is 0 Å². The van der Waals surface area contributed by atoms with Crippen LogP contribution in [0.3, 0.4) is 0 Å². The molecule has 2 rings (SSSR count). The number of thioether (sulfide) groups is 1. The van der Waals surface area contributed by atoms with Crippen molar-refractivity contribution in [1.29, 1.82) is 0 Å². The van der Waals surface area contributed by atoms with Crippen LogP contribution in [0.2, 0.25) is 0 Å². The first-order valence-corrected chi connectivity index (χ1v) is 8.19. The molecule has 116 valence electrons. The Balaban J connectivity index is 2.39. The van der Waals surface area contributed by atoms with E-state index >= 15 is 0 Å². The van der Waals surface area contributed by atoms with Gasteiger partial charge in [0.05, 0.1) is 11.3 Å². The highest BCUT2D eigenvalue weighted by Gasteiger charge is 2.23. The number of ether oxygens (including phenoxy) is 1. The summed E-state index contributed by atoms with van der Waals surface area (Å²) in [5.41, 5.74) is 8.57. The van der Waals surface area contributed by atoms with Gasteiger partial charge in [-0.15, -0.1) is 16.9 Å². The van der Waals surface area contributed by atoms with Crippen molar-refractivity contribution in [2.75, 3.05) is 13.2 Å². The van der Waals surface area contributed by atoms with Crippen LogP contribution in [0, 0.1) is 0 Å². The Morgan fingerprint density at radius 3 is 2.62 bits per heavy atom. The molecular formula is C14H22N4O2S. The summed E-state index contributed by atoms with van der Waals surface area (Å²) in [6.07, 6.45) is 3.54. The monoisotopic (exact) mass is 310 g/mol. The van der Waals surface area contributed by atoms with Gasteiger partial charge in [0.2, 0.25) is 0 Å². The molecule has 0 unspecified atom stereocenters. The molecular weight excluding hydrogens is 288 g/mol. The predicted molar refractivity (Wildman–Crippen MR) is 83.0 cm³/mol. The minimum atomic E-state index is 0.117. The van der Waals surface area contributed by atoms with Crippen molar-refractivity contribution >= 4 is 17.6 Å². The van der Waals surface area contributed by atoms with Gasteiger partial charge in [0, 0.05) is 18.5 Å². The lowest BCUT2D eigenvalue weighted by Crippen LogP contribution is -2.22. The molecule has 1 aliphatic heterocycles. The van der Waals surface area contributed by atoms with E-state index in [0.29, 0.717) is 5.25 Å². The summed E-state index contributed by atoms with van der Waals surface area (Å²) < 4.78 is 5.38. The molecule has 0 saturated carbocycles. The molecule has 0 aliphatic carbocycles. The maximum absolute atomic E-state index is 9.09. The molecule has 0 spiro atoms. The van der Waals surface area contributed by atoms with Gasteiger partial charge in [0.1, 0.15) is 5.03 Å². The van der Waals surface area contributed by atoms with Gasteiger partial charge in [0.25, 0.3) is 0 Å². The summed E-state index contributed by atoms with van der Waals surface area (Å²) in [4.78, 5) is 0. The Bertz CT molecular complexity index is 516. The number of aryl methyl sites for hydroxylation is 1. The second kappa shape index (κ2) is 7.61. The number of hydrogen-bond donors (Lipinski definition) is 2. The third-order valence-corrected chi connectivity index (χ3v) is 4.94. The normalized spacial score (nSPS) is 17.1. The largest absolute Gasteiger partial charge is 0.409 e. The smallest absolute Gasteiger partial charge is 0.173 e. The van der Waals surface area contributed by atoms with Crippen molar-refractivity contribution in [2.45, 2.75) is 49.8 Å². The number of aromatic nitrogens is 2. The third-order valence-electron chi connectivity index (χ3n) is 3.62. The molecule has 6 nitrogen and oxygen atoms in total. The number of nitrogens with zero attached hydrogens (tertiary/aromatic N) is 3. The third kappa shape index (κ3) is 3.65. The highest BCUT2D eigenvalue weighted by molar-refractivity contribution is 7.99. The molecule has 1 saturated heterocycles. The predicted octanol–water partition coefficient (Wildman–Crippen LogP) is 1.97. The second-order valence-corrected chi connectivity index (χ2v) is 6.22. The van der Waals surface area contributed by atoms with E-state index in [1.807, 2.05) is 13.8 Å². The van der Waals surface area contributed by atoms with E-state index < -0.39 is 0 Å². The van der Waals surface area contributed by atoms with Crippen molar-refractivity contribution in [3.05, 3.63) is 16.8 Å². The van der Waals surface area contributed by atoms with E-state index in [-0.39, 0.29) is 5.84 Å². The Kier molecular flexibility index (Phi) is 5.81. The molecule has 21 heavy (non-hydrogen) atoms. The molecule has 1 aliphatic rings. The van der Waals surface area contributed by atoms with Gasteiger partial charge in [-0.05, 0) is 31.2 Å². The van der Waals surface area contributed by atoms with Gasteiger partial charge in [-0.1, -0.05) is 19.0 Å². The SMILES string of the molecule is CCc1nnc(SC2CCOCC2)c(C(N)=NO)c1CC. The van der Waals surface area contributed by atoms with Crippen molar-refractivity contribution in [3.8, 4) is 0 Å². The lowest BCUT2D eigenvalue weighted by molar-refractivity contribution is 0.1000. The zero-order valence-electron chi connectivity index (χ0n) is 12.5. The number of nitrogens with two attached hydrogens (primary N) is 1. The van der Waals surface area contributed by atoms with Gasteiger partial charge < -0.3 is 15.7 Å². The van der Waals surface area contributed by atoms with E-state index in [1.165, 1.54) is 0 Å². The van der Waals surface area contributed by atoms with E-state index in [4.69, 9.17) is 15.7 Å². The Hall–Kier alpha value is -1.34. The molecule has 3 N–H and O–H groups in total. The van der Waals surface area contributed by atoms with Crippen LogP contribution in [0.1, 0.15) is 43.5 Å². The topological polar surface area (TPSA) is 93.6 Å². The van der Waals surface area contributed by atoms with Gasteiger partial charge >= 0.3 is 0 Å². The quantitative estimate of drug-likeness (QED) is 0.374. The van der Waals surface area contributed by atoms with Crippen LogP contribution < -0.4 is 5.73 Å². The number of oxime groups is 1. The minimum absolute atomic E-state index is 0.117. The van der Waals surface area contributed by atoms with Crippen LogP contribution in [0.5, 0.6) is 0 Å². The Morgan fingerprint density at radius 2 is 2.05 bits per heavy atom. The molecule has 1 fully saturated rings. The van der Waals surface area contributed by atoms with Crippen LogP contribution >= 0.6 is 11.8 Å². The molecule has 1 aromatic rings. The highest BCUT2D eigenvalue weighted by atomic mass is 32.2. The standard InChI is InChI=1S/C14H22N4O2S/c1-3-10-11(4-2)16-17-14(12(10)13(15)18-19)21-9-5-7-20-8-6-9/h9,19H,3-8H2,1-2H3,(H2,15,18). The summed E-state index contributed by atoms with van der Waals surface area (Å²) in [6, 6.07) is 0. The van der Waals surface area contributed by atoms with Crippen LogP contribution in [0.4, 0.5) is 0 Å². The van der Waals surface area contributed by atoms with Gasteiger partial charge in [-0.25, -0.2) is 0 Å². The summed E-state index contributed by atoms with van der Waals surface area (Å²) in [5, 5.41) is 22.1. The van der Waals surface area contributed by atoms with E-state index in [2.05, 4.69) is 15.4 Å².